The minimum Gasteiger partial charge on any atom is -0.333 e. The Morgan fingerprint density at radius 2 is 2.24 bits per heavy atom. The first-order valence-corrected chi connectivity index (χ1v) is 7.13. The number of benzene rings is 1. The molecule has 1 atom stereocenters. The Kier molecular flexibility index (Phi) is 3.60. The number of amides is 2. The van der Waals surface area contributed by atoms with Crippen LogP contribution < -0.4 is 10.6 Å². The van der Waals surface area contributed by atoms with Gasteiger partial charge in [0.25, 0.3) is 0 Å². The van der Waals surface area contributed by atoms with Crippen LogP contribution in [0.25, 0.3) is 0 Å². The monoisotopic (exact) mass is 285 g/mol. The molecular weight excluding hydrogens is 266 g/mol. The van der Waals surface area contributed by atoms with Gasteiger partial charge in [0.1, 0.15) is 12.2 Å². The van der Waals surface area contributed by atoms with E-state index in [2.05, 4.69) is 20.7 Å². The zero-order valence-corrected chi connectivity index (χ0v) is 12.3. The third-order valence-electron chi connectivity index (χ3n) is 3.78. The molecule has 2 aromatic rings. The zero-order valence-electron chi connectivity index (χ0n) is 12.3. The number of rotatable bonds is 2. The van der Waals surface area contributed by atoms with Gasteiger partial charge in [0.05, 0.1) is 12.6 Å². The summed E-state index contributed by atoms with van der Waals surface area (Å²) in [6.45, 7) is 4.67. The molecule has 0 saturated carbocycles. The van der Waals surface area contributed by atoms with E-state index in [1.807, 2.05) is 36.7 Å². The quantitative estimate of drug-likeness (QED) is 0.887. The first kappa shape index (κ1) is 13.6. The number of carbonyl (C=O) groups excluding carboxylic acids is 1. The summed E-state index contributed by atoms with van der Waals surface area (Å²) in [5, 5.41) is 10.1. The van der Waals surface area contributed by atoms with E-state index in [0.717, 1.165) is 35.5 Å². The molecule has 3 rings (SSSR count). The second-order valence-electron chi connectivity index (χ2n) is 5.51. The van der Waals surface area contributed by atoms with Gasteiger partial charge in [-0.15, -0.1) is 0 Å². The molecule has 1 aliphatic rings. The van der Waals surface area contributed by atoms with Crippen molar-refractivity contribution in [2.24, 2.45) is 0 Å². The van der Waals surface area contributed by atoms with Crippen molar-refractivity contribution in [3.05, 3.63) is 41.5 Å². The van der Waals surface area contributed by atoms with Crippen molar-refractivity contribution in [3.8, 4) is 0 Å². The molecule has 1 aromatic heterocycles. The maximum atomic E-state index is 12.1. The Morgan fingerprint density at radius 3 is 3.10 bits per heavy atom. The molecule has 21 heavy (non-hydrogen) atoms. The Hall–Kier alpha value is -2.37. The highest BCUT2D eigenvalue weighted by Gasteiger charge is 2.21. The van der Waals surface area contributed by atoms with Crippen molar-refractivity contribution in [3.63, 3.8) is 0 Å². The molecule has 110 valence electrons. The number of nitrogens with zero attached hydrogens (tertiary/aromatic N) is 3. The average Bonchev–Trinajstić information content (AvgIpc) is 2.90. The number of fused-ring (bicyclic) bond motifs is 1. The van der Waals surface area contributed by atoms with Crippen LogP contribution in [0.3, 0.4) is 0 Å². The summed E-state index contributed by atoms with van der Waals surface area (Å²) in [7, 11) is 0. The van der Waals surface area contributed by atoms with Gasteiger partial charge in [-0.05, 0) is 37.5 Å². The Balaban J connectivity index is 1.61. The first-order valence-electron chi connectivity index (χ1n) is 7.13. The van der Waals surface area contributed by atoms with Crippen LogP contribution in [0.5, 0.6) is 0 Å². The van der Waals surface area contributed by atoms with E-state index in [-0.39, 0.29) is 12.1 Å². The zero-order chi connectivity index (χ0) is 14.8. The molecule has 0 radical (unpaired) electrons. The molecule has 0 bridgehead atoms. The van der Waals surface area contributed by atoms with Gasteiger partial charge < -0.3 is 10.6 Å². The van der Waals surface area contributed by atoms with Crippen LogP contribution in [0, 0.1) is 13.8 Å². The highest BCUT2D eigenvalue weighted by molar-refractivity contribution is 5.90. The topological polar surface area (TPSA) is 71.8 Å². The number of hydrogen-bond donors (Lipinski definition) is 2. The molecule has 0 saturated heterocycles. The van der Waals surface area contributed by atoms with Crippen LogP contribution in [-0.4, -0.2) is 26.8 Å². The van der Waals surface area contributed by atoms with Crippen molar-refractivity contribution >= 4 is 11.7 Å². The lowest BCUT2D eigenvalue weighted by molar-refractivity contribution is 0.243. The SMILES string of the molecule is Cc1ccc(C)c(NC(=O)N[C@H]2CCc3ncnn3C2)c1. The van der Waals surface area contributed by atoms with Crippen LogP contribution in [0.15, 0.2) is 24.5 Å². The maximum Gasteiger partial charge on any atom is 0.319 e. The molecule has 6 nitrogen and oxygen atoms in total. The van der Waals surface area contributed by atoms with E-state index in [9.17, 15) is 4.79 Å². The minimum atomic E-state index is -0.169. The van der Waals surface area contributed by atoms with Crippen LogP contribution >= 0.6 is 0 Å². The van der Waals surface area contributed by atoms with Gasteiger partial charge in [-0.25, -0.2) is 14.5 Å². The fourth-order valence-corrected chi connectivity index (χ4v) is 2.57. The lowest BCUT2D eigenvalue weighted by atomic mass is 10.1. The van der Waals surface area contributed by atoms with E-state index in [1.54, 1.807) is 6.33 Å². The van der Waals surface area contributed by atoms with Gasteiger partial charge in [0.15, 0.2) is 0 Å². The number of urea groups is 1. The Morgan fingerprint density at radius 1 is 1.38 bits per heavy atom. The number of nitrogens with one attached hydrogen (secondary N) is 2. The second kappa shape index (κ2) is 5.55. The van der Waals surface area contributed by atoms with Gasteiger partial charge in [0, 0.05) is 12.1 Å². The summed E-state index contributed by atoms with van der Waals surface area (Å²) < 4.78 is 1.85. The van der Waals surface area contributed by atoms with Crippen molar-refractivity contribution < 1.29 is 4.79 Å². The van der Waals surface area contributed by atoms with Crippen LogP contribution in [0.4, 0.5) is 10.5 Å². The Labute approximate surface area is 123 Å². The van der Waals surface area contributed by atoms with Gasteiger partial charge in [-0.3, -0.25) is 0 Å². The standard InChI is InChI=1S/C15H19N5O/c1-10-3-4-11(2)13(7-10)19-15(21)18-12-5-6-14-16-9-17-20(14)8-12/h3-4,7,9,12H,5-6,8H2,1-2H3,(H2,18,19,21)/t12-/m0/s1. The molecule has 0 unspecified atom stereocenters. The number of anilines is 1. The molecule has 1 aromatic carbocycles. The van der Waals surface area contributed by atoms with Crippen LogP contribution in [-0.2, 0) is 13.0 Å². The molecule has 2 N–H and O–H groups in total. The molecule has 6 heteroatoms. The number of aromatic nitrogens is 3. The largest absolute Gasteiger partial charge is 0.333 e. The second-order valence-corrected chi connectivity index (χ2v) is 5.51. The molecule has 0 fully saturated rings. The average molecular weight is 285 g/mol. The lowest BCUT2D eigenvalue weighted by Crippen LogP contribution is -2.43. The van der Waals surface area contributed by atoms with Gasteiger partial charge >= 0.3 is 6.03 Å². The third kappa shape index (κ3) is 3.04. The van der Waals surface area contributed by atoms with Crippen molar-refractivity contribution in [2.75, 3.05) is 5.32 Å². The van der Waals surface area contributed by atoms with E-state index < -0.39 is 0 Å². The fourth-order valence-electron chi connectivity index (χ4n) is 2.57. The number of aryl methyl sites for hydroxylation is 3. The highest BCUT2D eigenvalue weighted by atomic mass is 16.2. The molecule has 0 aliphatic carbocycles. The number of hydrogen-bond acceptors (Lipinski definition) is 3. The number of carbonyl (C=O) groups is 1. The molecule has 2 heterocycles. The predicted molar refractivity (Wildman–Crippen MR) is 80.2 cm³/mol. The van der Waals surface area contributed by atoms with Crippen molar-refractivity contribution in [1.29, 1.82) is 0 Å². The Bertz CT molecular complexity index is 664. The lowest BCUT2D eigenvalue weighted by Gasteiger charge is -2.23. The summed E-state index contributed by atoms with van der Waals surface area (Å²) in [5.74, 6) is 0.989. The highest BCUT2D eigenvalue weighted by Crippen LogP contribution is 2.17. The van der Waals surface area contributed by atoms with Gasteiger partial charge in [0.2, 0.25) is 0 Å². The van der Waals surface area contributed by atoms with Crippen LogP contribution in [0.1, 0.15) is 23.4 Å². The van der Waals surface area contributed by atoms with Crippen LogP contribution in [0.2, 0.25) is 0 Å². The van der Waals surface area contributed by atoms with Gasteiger partial charge in [-0.2, -0.15) is 5.10 Å². The first-order chi connectivity index (χ1) is 10.1. The normalized spacial score (nSPS) is 17.1. The van der Waals surface area contributed by atoms with Crippen molar-refractivity contribution in [1.82, 2.24) is 20.1 Å². The maximum absolute atomic E-state index is 12.1. The smallest absolute Gasteiger partial charge is 0.319 e. The van der Waals surface area contributed by atoms with E-state index in [4.69, 9.17) is 0 Å². The molecule has 0 spiro atoms. The molecule has 1 aliphatic heterocycles. The summed E-state index contributed by atoms with van der Waals surface area (Å²) in [4.78, 5) is 16.3. The summed E-state index contributed by atoms with van der Waals surface area (Å²) >= 11 is 0. The van der Waals surface area contributed by atoms with E-state index in [1.165, 1.54) is 0 Å². The third-order valence-corrected chi connectivity index (χ3v) is 3.78. The van der Waals surface area contributed by atoms with Crippen molar-refractivity contribution in [2.45, 2.75) is 39.3 Å². The summed E-state index contributed by atoms with van der Waals surface area (Å²) in [6, 6.07) is 5.94. The predicted octanol–water partition coefficient (Wildman–Crippen LogP) is 2.03. The summed E-state index contributed by atoms with van der Waals surface area (Å²) in [5.41, 5.74) is 3.03. The molecule has 2 amide bonds. The summed E-state index contributed by atoms with van der Waals surface area (Å²) in [6.07, 6.45) is 3.29. The fraction of sp³-hybridized carbons (Fsp3) is 0.400. The minimum absolute atomic E-state index is 0.0873. The van der Waals surface area contributed by atoms with E-state index >= 15 is 0 Å². The van der Waals surface area contributed by atoms with Gasteiger partial charge in [-0.1, -0.05) is 12.1 Å². The van der Waals surface area contributed by atoms with E-state index in [0.29, 0.717) is 6.54 Å². The molecular formula is C15H19N5O.